The van der Waals surface area contributed by atoms with Gasteiger partial charge in [-0.2, -0.15) is 4.98 Å². The summed E-state index contributed by atoms with van der Waals surface area (Å²) in [6, 6.07) is 1.62. The van der Waals surface area contributed by atoms with E-state index in [1.807, 2.05) is 0 Å². The number of pyridine rings is 1. The summed E-state index contributed by atoms with van der Waals surface area (Å²) in [5, 5.41) is 0. The number of hydrogen-bond donors (Lipinski definition) is 5. The second-order valence-corrected chi connectivity index (χ2v) is 16.6. The summed E-state index contributed by atoms with van der Waals surface area (Å²) >= 11 is 9.64. The standard InChI is InChI=1S/C22H25N9O10P2S2/c23-10-1-2-25-16-12(10)26-7-30(16)20-14-15-22(39-20,5-35-14)6-37-43(34,45)40-11-3-9(4-36-42(33,44)41-15)38-19(11)31-8-27-13-17(31)28-21(24)29-18(13)32/h1-2,7-9,11,14-15,19-20H,3-6H2,(H2,23,25)(H,33,44)(H,34,45)(H3,24,28,29,32)/t9-,11+,14+,15?,19+,20+,22?,42?,43?/m0/s1. The summed E-state index contributed by atoms with van der Waals surface area (Å²) < 4.78 is 58.9. The molecule has 45 heavy (non-hydrogen) atoms. The number of anilines is 2. The van der Waals surface area contributed by atoms with Crippen molar-refractivity contribution in [2.24, 2.45) is 0 Å². The normalized spacial score (nSPS) is 38.6. The number of nitrogen functional groups attached to an aromatic ring is 2. The highest BCUT2D eigenvalue weighted by atomic mass is 32.7. The van der Waals surface area contributed by atoms with Gasteiger partial charge in [0.2, 0.25) is 5.95 Å². The molecule has 0 amide bonds. The number of hydrogen-bond acceptors (Lipinski definition) is 16. The first-order valence-corrected chi connectivity index (χ1v) is 18.8. The van der Waals surface area contributed by atoms with E-state index >= 15 is 0 Å². The van der Waals surface area contributed by atoms with E-state index in [-0.39, 0.29) is 36.7 Å². The molecule has 240 valence electrons. The fourth-order valence-corrected chi connectivity index (χ4v) is 9.04. The highest BCUT2D eigenvalue weighted by molar-refractivity contribution is 8.44. The van der Waals surface area contributed by atoms with Crippen molar-refractivity contribution in [1.29, 1.82) is 0 Å². The maximum Gasteiger partial charge on any atom is 0.386 e. The number of H-pyrrole nitrogens is 1. The molecule has 9 atom stereocenters. The molecule has 19 nitrogen and oxygen atoms in total. The Kier molecular flexibility index (Phi) is 6.96. The van der Waals surface area contributed by atoms with Gasteiger partial charge in [0.05, 0.1) is 44.3 Å². The molecule has 4 unspecified atom stereocenters. The highest BCUT2D eigenvalue weighted by Gasteiger charge is 2.65. The number of thiol groups is 1. The van der Waals surface area contributed by atoms with E-state index in [0.29, 0.717) is 16.9 Å². The molecule has 6 N–H and O–H groups in total. The largest absolute Gasteiger partial charge is 0.397 e. The average molecular weight is 702 g/mol. The molecule has 0 aromatic carbocycles. The lowest BCUT2D eigenvalue weighted by Gasteiger charge is -2.33. The van der Waals surface area contributed by atoms with Crippen LogP contribution in [-0.2, 0) is 48.7 Å². The van der Waals surface area contributed by atoms with Crippen LogP contribution < -0.4 is 17.0 Å². The van der Waals surface area contributed by atoms with Crippen LogP contribution in [0.1, 0.15) is 18.9 Å². The third-order valence-electron chi connectivity index (χ3n) is 8.02. The van der Waals surface area contributed by atoms with Crippen molar-refractivity contribution in [3.8, 4) is 0 Å². The van der Waals surface area contributed by atoms with Crippen molar-refractivity contribution < 1.29 is 41.8 Å². The van der Waals surface area contributed by atoms with E-state index in [2.05, 4.69) is 37.2 Å². The van der Waals surface area contributed by atoms with Crippen LogP contribution in [0.5, 0.6) is 0 Å². The van der Waals surface area contributed by atoms with Crippen molar-refractivity contribution in [3.05, 3.63) is 35.3 Å². The Labute approximate surface area is 262 Å². The van der Waals surface area contributed by atoms with Crippen LogP contribution >= 0.6 is 25.8 Å². The topological polar surface area (TPSA) is 248 Å². The molecule has 4 saturated heterocycles. The van der Waals surface area contributed by atoms with Crippen molar-refractivity contribution in [1.82, 2.24) is 34.1 Å². The number of rotatable bonds is 2. The summed E-state index contributed by atoms with van der Waals surface area (Å²) in [6.45, 7) is -8.80. The minimum absolute atomic E-state index is 0.00245. The van der Waals surface area contributed by atoms with Gasteiger partial charge < -0.3 is 35.1 Å². The first kappa shape index (κ1) is 29.9. The predicted molar refractivity (Wildman–Crippen MR) is 160 cm³/mol. The lowest BCUT2D eigenvalue weighted by atomic mass is 10.0. The summed E-state index contributed by atoms with van der Waals surface area (Å²) in [5.41, 5.74) is 11.2. The maximum absolute atomic E-state index is 13.7. The molecule has 0 saturated carbocycles. The van der Waals surface area contributed by atoms with Gasteiger partial charge in [-0.25, -0.2) is 19.5 Å². The number of aromatic nitrogens is 7. The monoisotopic (exact) mass is 701 g/mol. The number of nitrogens with zero attached hydrogens (tertiary/aromatic N) is 6. The quantitative estimate of drug-likeness (QED) is 0.143. The zero-order chi connectivity index (χ0) is 31.3. The van der Waals surface area contributed by atoms with Crippen LogP contribution in [0.4, 0.5) is 11.6 Å². The van der Waals surface area contributed by atoms with Gasteiger partial charge in [-0.3, -0.25) is 32.5 Å². The van der Waals surface area contributed by atoms with E-state index in [1.165, 1.54) is 23.4 Å². The van der Waals surface area contributed by atoms with Crippen LogP contribution in [-0.4, -0.2) is 88.8 Å². The lowest BCUT2D eigenvalue weighted by molar-refractivity contribution is -0.182. The molecular formula is C22H25N9O10P2S2. The third kappa shape index (κ3) is 5.02. The summed E-state index contributed by atoms with van der Waals surface area (Å²) in [4.78, 5) is 42.9. The van der Waals surface area contributed by atoms with Gasteiger partial charge in [0.15, 0.2) is 29.3 Å². The molecule has 8 rings (SSSR count). The van der Waals surface area contributed by atoms with Crippen LogP contribution in [0.15, 0.2) is 29.7 Å². The number of aromatic amines is 1. The van der Waals surface area contributed by atoms with Crippen LogP contribution in [0, 0.1) is 0 Å². The van der Waals surface area contributed by atoms with Crippen LogP contribution in [0.25, 0.3) is 22.3 Å². The highest BCUT2D eigenvalue weighted by Crippen LogP contribution is 2.61. The Morgan fingerprint density at radius 1 is 1.09 bits per heavy atom. The third-order valence-corrected chi connectivity index (χ3v) is 11.2. The minimum Gasteiger partial charge on any atom is -0.397 e. The van der Waals surface area contributed by atoms with Gasteiger partial charge in [-0.1, -0.05) is 12.2 Å². The first-order chi connectivity index (χ1) is 21.4. The molecule has 4 fully saturated rings. The number of nitrogens with one attached hydrogen (secondary N) is 1. The van der Waals surface area contributed by atoms with Gasteiger partial charge in [-0.05, 0) is 17.9 Å². The minimum atomic E-state index is -4.15. The fraction of sp³-hybridized carbons (Fsp3) is 0.500. The molecule has 0 spiro atoms. The lowest BCUT2D eigenvalue weighted by Crippen LogP contribution is -2.45. The summed E-state index contributed by atoms with van der Waals surface area (Å²) in [6.07, 6.45) is -0.993. The molecular weight excluding hydrogens is 676 g/mol. The molecule has 8 heterocycles. The fourth-order valence-electron chi connectivity index (χ4n) is 6.05. The molecule has 0 radical (unpaired) electrons. The molecule has 4 aliphatic heterocycles. The van der Waals surface area contributed by atoms with Gasteiger partial charge in [0, 0.05) is 12.6 Å². The molecule has 23 heteroatoms. The van der Waals surface area contributed by atoms with Crippen molar-refractivity contribution >= 4 is 71.5 Å². The number of fused-ring (bicyclic) bond motifs is 4. The molecule has 0 aliphatic carbocycles. The number of nitrogens with two attached hydrogens (primary N) is 2. The van der Waals surface area contributed by atoms with Gasteiger partial charge >= 0.3 is 13.5 Å². The Morgan fingerprint density at radius 2 is 1.87 bits per heavy atom. The van der Waals surface area contributed by atoms with E-state index < -0.39 is 68.2 Å². The van der Waals surface area contributed by atoms with Crippen molar-refractivity contribution in [2.45, 2.75) is 48.9 Å². The summed E-state index contributed by atoms with van der Waals surface area (Å²) in [5.74, 6) is -0.142. The van der Waals surface area contributed by atoms with Gasteiger partial charge in [-0.15, -0.1) is 0 Å². The zero-order valence-corrected chi connectivity index (χ0v) is 26.3. The van der Waals surface area contributed by atoms with E-state index in [9.17, 15) is 14.3 Å². The second-order valence-electron chi connectivity index (χ2n) is 10.9. The summed E-state index contributed by atoms with van der Waals surface area (Å²) in [7, 11) is 0. The molecule has 4 bridgehead atoms. The van der Waals surface area contributed by atoms with E-state index in [1.54, 1.807) is 10.6 Å². The SMILES string of the molecule is Nc1nc2c(ncn2[C@@H]2O[C@@H]3COP(O)(=S)OC4[C@H]5OCC4(COP(=O)(S)O[C@@H]2C3)O[C@H]5n2cnc3c(N)ccnc32)c(=O)[nH]1. The Balaban J connectivity index is 1.12. The smallest absolute Gasteiger partial charge is 0.386 e. The first-order valence-electron chi connectivity index (χ1n) is 13.5. The zero-order valence-electron chi connectivity index (χ0n) is 22.8. The van der Waals surface area contributed by atoms with Gasteiger partial charge in [0.1, 0.15) is 29.4 Å². The number of imidazole rings is 2. The molecule has 4 aromatic heterocycles. The molecule has 4 aliphatic rings. The van der Waals surface area contributed by atoms with E-state index in [0.717, 1.165) is 0 Å². The van der Waals surface area contributed by atoms with Crippen molar-refractivity contribution in [2.75, 3.05) is 31.3 Å². The van der Waals surface area contributed by atoms with Crippen molar-refractivity contribution in [3.63, 3.8) is 0 Å². The predicted octanol–water partition coefficient (Wildman–Crippen LogP) is 0.755. The Bertz CT molecular complexity index is 1990. The van der Waals surface area contributed by atoms with Gasteiger partial charge in [0.25, 0.3) is 5.56 Å². The number of ether oxygens (including phenoxy) is 3. The maximum atomic E-state index is 13.7. The Hall–Kier alpha value is -2.52. The van der Waals surface area contributed by atoms with Crippen LogP contribution in [0.3, 0.4) is 0 Å². The Morgan fingerprint density at radius 3 is 2.69 bits per heavy atom. The average Bonchev–Trinajstić information content (AvgIpc) is 3.79. The van der Waals surface area contributed by atoms with E-state index in [4.69, 9.17) is 55.6 Å². The second kappa shape index (κ2) is 10.5. The van der Waals surface area contributed by atoms with Crippen LogP contribution in [0.2, 0.25) is 0 Å². The molecule has 4 aromatic rings.